The van der Waals surface area contributed by atoms with Crippen molar-refractivity contribution in [2.24, 2.45) is 10.9 Å². The Morgan fingerprint density at radius 3 is 2.33 bits per heavy atom. The average Bonchev–Trinajstić information content (AvgIpc) is 1.82. The van der Waals surface area contributed by atoms with Gasteiger partial charge < -0.3 is 4.74 Å². The first-order chi connectivity index (χ1) is 4.22. The minimum atomic E-state index is 0.189. The third kappa shape index (κ3) is 2.70. The Kier molecular flexibility index (Phi) is 3.45. The molecule has 0 saturated heterocycles. The maximum Gasteiger partial charge on any atom is 0.208 e. The Hall–Kier alpha value is -1.04. The lowest BCUT2D eigenvalue weighted by Gasteiger charge is -2.03. The van der Waals surface area contributed by atoms with Gasteiger partial charge in [-0.3, -0.25) is 0 Å². The van der Waals surface area contributed by atoms with E-state index in [9.17, 15) is 0 Å². The number of hydrogen-bond acceptors (Lipinski definition) is 3. The van der Waals surface area contributed by atoms with Gasteiger partial charge in [-0.15, -0.1) is 4.99 Å². The summed E-state index contributed by atoms with van der Waals surface area (Å²) in [5, 5.41) is 8.10. The van der Waals surface area contributed by atoms with Crippen LogP contribution in [0.1, 0.15) is 13.8 Å². The summed E-state index contributed by atoms with van der Waals surface area (Å²) < 4.78 is 4.78. The second kappa shape index (κ2) is 3.90. The fourth-order valence-corrected chi connectivity index (χ4v) is 0.460. The molecule has 3 nitrogen and oxygen atoms in total. The van der Waals surface area contributed by atoms with Gasteiger partial charge >= 0.3 is 0 Å². The van der Waals surface area contributed by atoms with Crippen LogP contribution in [0.15, 0.2) is 4.99 Å². The van der Waals surface area contributed by atoms with Gasteiger partial charge in [-0.2, -0.15) is 5.26 Å². The van der Waals surface area contributed by atoms with Crippen molar-refractivity contribution >= 4 is 5.90 Å². The molecular formula is C6H10N2O. The van der Waals surface area contributed by atoms with Crippen molar-refractivity contribution in [2.45, 2.75) is 13.8 Å². The smallest absolute Gasteiger partial charge is 0.208 e. The van der Waals surface area contributed by atoms with Crippen LogP contribution in [0.5, 0.6) is 0 Å². The maximum absolute atomic E-state index is 8.10. The Morgan fingerprint density at radius 2 is 2.22 bits per heavy atom. The van der Waals surface area contributed by atoms with Crippen LogP contribution >= 0.6 is 0 Å². The van der Waals surface area contributed by atoms with Crippen molar-refractivity contribution in [2.75, 3.05) is 7.11 Å². The van der Waals surface area contributed by atoms with E-state index in [2.05, 4.69) is 4.99 Å². The monoisotopic (exact) mass is 126 g/mol. The van der Waals surface area contributed by atoms with Crippen molar-refractivity contribution < 1.29 is 4.74 Å². The molecule has 0 aromatic rings. The molecule has 0 aliphatic carbocycles. The van der Waals surface area contributed by atoms with Crippen molar-refractivity contribution in [3.63, 3.8) is 0 Å². The van der Waals surface area contributed by atoms with Gasteiger partial charge in [0.2, 0.25) is 12.1 Å². The van der Waals surface area contributed by atoms with Gasteiger partial charge in [0.15, 0.2) is 0 Å². The number of nitriles is 1. The molecule has 0 atom stereocenters. The first kappa shape index (κ1) is 7.96. The minimum absolute atomic E-state index is 0.189. The number of ether oxygens (including phenoxy) is 1. The highest BCUT2D eigenvalue weighted by atomic mass is 16.5. The normalized spacial score (nSPS) is 11.2. The van der Waals surface area contributed by atoms with Gasteiger partial charge in [0.05, 0.1) is 7.11 Å². The molecule has 0 aromatic heterocycles. The van der Waals surface area contributed by atoms with Crippen LogP contribution < -0.4 is 0 Å². The summed E-state index contributed by atoms with van der Waals surface area (Å²) in [6, 6.07) is 0. The number of aliphatic imine (C=N–C) groups is 1. The van der Waals surface area contributed by atoms with Crippen LogP contribution in [0.25, 0.3) is 0 Å². The predicted octanol–water partition coefficient (Wildman–Crippen LogP) is 1.17. The Morgan fingerprint density at radius 1 is 1.67 bits per heavy atom. The van der Waals surface area contributed by atoms with Gasteiger partial charge in [0.25, 0.3) is 0 Å². The highest BCUT2D eigenvalue weighted by Gasteiger charge is 2.02. The standard InChI is InChI=1S/C6H10N2O/c1-5(2)6(9-3)8-4-7/h5H,1-3H3. The lowest BCUT2D eigenvalue weighted by molar-refractivity contribution is 0.375. The van der Waals surface area contributed by atoms with Gasteiger partial charge in [-0.1, -0.05) is 13.8 Å². The Bertz CT molecular complexity index is 144. The third-order valence-corrected chi connectivity index (χ3v) is 0.863. The first-order valence-corrected chi connectivity index (χ1v) is 2.73. The van der Waals surface area contributed by atoms with E-state index >= 15 is 0 Å². The molecule has 0 rings (SSSR count). The summed E-state index contributed by atoms with van der Waals surface area (Å²) in [5.41, 5.74) is 0. The van der Waals surface area contributed by atoms with E-state index in [0.29, 0.717) is 5.90 Å². The minimum Gasteiger partial charge on any atom is -0.483 e. The highest BCUT2D eigenvalue weighted by Crippen LogP contribution is 1.96. The van der Waals surface area contributed by atoms with Gasteiger partial charge in [0, 0.05) is 5.92 Å². The molecule has 0 aromatic carbocycles. The van der Waals surface area contributed by atoms with Crippen LogP contribution in [0.4, 0.5) is 0 Å². The van der Waals surface area contributed by atoms with Crippen LogP contribution in [-0.2, 0) is 4.74 Å². The summed E-state index contributed by atoms with van der Waals surface area (Å²) in [5.74, 6) is 0.673. The van der Waals surface area contributed by atoms with E-state index in [4.69, 9.17) is 10.00 Å². The molecule has 9 heavy (non-hydrogen) atoms. The predicted molar refractivity (Wildman–Crippen MR) is 34.9 cm³/mol. The molecule has 50 valence electrons. The largest absolute Gasteiger partial charge is 0.483 e. The second-order valence-corrected chi connectivity index (χ2v) is 1.91. The zero-order valence-corrected chi connectivity index (χ0v) is 5.88. The summed E-state index contributed by atoms with van der Waals surface area (Å²) in [7, 11) is 1.51. The van der Waals surface area contributed by atoms with E-state index < -0.39 is 0 Å². The van der Waals surface area contributed by atoms with E-state index in [1.807, 2.05) is 13.8 Å². The van der Waals surface area contributed by atoms with Crippen LogP contribution in [0, 0.1) is 17.4 Å². The van der Waals surface area contributed by atoms with E-state index in [0.717, 1.165) is 0 Å². The van der Waals surface area contributed by atoms with Crippen molar-refractivity contribution in [3.05, 3.63) is 0 Å². The Labute approximate surface area is 55.0 Å². The molecule has 0 bridgehead atoms. The van der Waals surface area contributed by atoms with Gasteiger partial charge in [-0.05, 0) is 0 Å². The number of nitrogens with zero attached hydrogens (tertiary/aromatic N) is 2. The molecule has 0 N–H and O–H groups in total. The molecule has 0 amide bonds. The van der Waals surface area contributed by atoms with E-state index in [-0.39, 0.29) is 5.92 Å². The number of hydrogen-bond donors (Lipinski definition) is 0. The lowest BCUT2D eigenvalue weighted by atomic mass is 10.2. The van der Waals surface area contributed by atoms with E-state index in [1.165, 1.54) is 7.11 Å². The molecule has 0 aliphatic heterocycles. The highest BCUT2D eigenvalue weighted by molar-refractivity contribution is 5.78. The fourth-order valence-electron chi connectivity index (χ4n) is 0.460. The quantitative estimate of drug-likeness (QED) is 0.301. The van der Waals surface area contributed by atoms with Crippen molar-refractivity contribution in [1.82, 2.24) is 0 Å². The zero-order chi connectivity index (χ0) is 7.28. The number of methoxy groups -OCH3 is 1. The second-order valence-electron chi connectivity index (χ2n) is 1.91. The molecule has 0 radical (unpaired) electrons. The van der Waals surface area contributed by atoms with Gasteiger partial charge in [-0.25, -0.2) is 0 Å². The van der Waals surface area contributed by atoms with Crippen LogP contribution in [-0.4, -0.2) is 13.0 Å². The topological polar surface area (TPSA) is 45.4 Å². The third-order valence-electron chi connectivity index (χ3n) is 0.863. The van der Waals surface area contributed by atoms with Gasteiger partial charge in [0.1, 0.15) is 0 Å². The molecule has 0 aliphatic rings. The van der Waals surface area contributed by atoms with Crippen molar-refractivity contribution in [1.29, 1.82) is 5.26 Å². The first-order valence-electron chi connectivity index (χ1n) is 2.73. The zero-order valence-electron chi connectivity index (χ0n) is 5.88. The number of rotatable bonds is 1. The summed E-state index contributed by atoms with van der Waals surface area (Å²) in [6.07, 6.45) is 1.66. The summed E-state index contributed by atoms with van der Waals surface area (Å²) in [4.78, 5) is 3.44. The molecule has 3 heteroatoms. The Balaban J connectivity index is 4.02. The maximum atomic E-state index is 8.10. The lowest BCUT2D eigenvalue weighted by Crippen LogP contribution is -2.08. The molecule has 0 saturated carbocycles. The van der Waals surface area contributed by atoms with Crippen LogP contribution in [0.3, 0.4) is 0 Å². The van der Waals surface area contributed by atoms with Crippen LogP contribution in [0.2, 0.25) is 0 Å². The summed E-state index contributed by atoms with van der Waals surface area (Å²) in [6.45, 7) is 3.83. The summed E-state index contributed by atoms with van der Waals surface area (Å²) >= 11 is 0. The molecular weight excluding hydrogens is 116 g/mol. The molecule has 0 unspecified atom stereocenters. The van der Waals surface area contributed by atoms with E-state index in [1.54, 1.807) is 6.19 Å². The fraction of sp³-hybridized carbons (Fsp3) is 0.667. The molecule has 0 spiro atoms. The molecule has 0 fully saturated rings. The molecule has 0 heterocycles. The van der Waals surface area contributed by atoms with Crippen molar-refractivity contribution in [3.8, 4) is 6.19 Å². The average molecular weight is 126 g/mol. The SMILES string of the molecule is COC(=NC#N)C(C)C.